The highest BCUT2D eigenvalue weighted by atomic mass is 19.3. The van der Waals surface area contributed by atoms with Crippen molar-refractivity contribution in [2.75, 3.05) is 38.0 Å². The van der Waals surface area contributed by atoms with Gasteiger partial charge in [0.2, 0.25) is 5.91 Å². The number of rotatable bonds is 5. The van der Waals surface area contributed by atoms with E-state index < -0.39 is 6.61 Å². The minimum Gasteiger partial charge on any atom is -0.435 e. The van der Waals surface area contributed by atoms with E-state index >= 15 is 0 Å². The SMILES string of the molecule is O=C(CN1CCCNCC1)Nc1cccc(OC(F)F)c1. The number of anilines is 1. The number of hydrogen-bond acceptors (Lipinski definition) is 4. The Kier molecular flexibility index (Phi) is 5.89. The predicted octanol–water partition coefficient (Wildman–Crippen LogP) is 1.52. The molecule has 1 aliphatic rings. The number of ether oxygens (including phenoxy) is 1. The summed E-state index contributed by atoms with van der Waals surface area (Å²) in [6, 6.07) is 6.00. The van der Waals surface area contributed by atoms with Crippen molar-refractivity contribution in [2.45, 2.75) is 13.0 Å². The molecule has 0 spiro atoms. The number of amides is 1. The lowest BCUT2D eigenvalue weighted by Gasteiger charge is -2.18. The van der Waals surface area contributed by atoms with Crippen LogP contribution in [0.4, 0.5) is 14.5 Å². The van der Waals surface area contributed by atoms with Crippen molar-refractivity contribution in [1.82, 2.24) is 10.2 Å². The molecule has 0 aromatic heterocycles. The predicted molar refractivity (Wildman–Crippen MR) is 75.6 cm³/mol. The third-order valence-electron chi connectivity index (χ3n) is 3.14. The minimum absolute atomic E-state index is 0.0294. The summed E-state index contributed by atoms with van der Waals surface area (Å²) >= 11 is 0. The number of nitrogens with zero attached hydrogens (tertiary/aromatic N) is 1. The maximum absolute atomic E-state index is 12.1. The molecular weight excluding hydrogens is 280 g/mol. The maximum atomic E-state index is 12.1. The van der Waals surface area contributed by atoms with Gasteiger partial charge >= 0.3 is 6.61 Å². The van der Waals surface area contributed by atoms with Crippen LogP contribution in [-0.2, 0) is 4.79 Å². The largest absolute Gasteiger partial charge is 0.435 e. The highest BCUT2D eigenvalue weighted by Crippen LogP contribution is 2.19. The van der Waals surface area contributed by atoms with Crippen LogP contribution in [0, 0.1) is 0 Å². The fourth-order valence-electron chi connectivity index (χ4n) is 2.21. The Morgan fingerprint density at radius 3 is 3.05 bits per heavy atom. The second-order valence-corrected chi connectivity index (χ2v) is 4.83. The van der Waals surface area contributed by atoms with Gasteiger partial charge in [-0.05, 0) is 31.6 Å². The van der Waals surface area contributed by atoms with Crippen molar-refractivity contribution in [1.29, 1.82) is 0 Å². The van der Waals surface area contributed by atoms with E-state index in [1.165, 1.54) is 12.1 Å². The van der Waals surface area contributed by atoms with Gasteiger partial charge in [-0.3, -0.25) is 9.69 Å². The molecule has 1 saturated heterocycles. The lowest BCUT2D eigenvalue weighted by atomic mass is 10.3. The molecule has 1 fully saturated rings. The zero-order chi connectivity index (χ0) is 15.1. The van der Waals surface area contributed by atoms with E-state index in [9.17, 15) is 13.6 Å². The summed E-state index contributed by atoms with van der Waals surface area (Å²) < 4.78 is 28.6. The van der Waals surface area contributed by atoms with E-state index in [1.807, 2.05) is 0 Å². The zero-order valence-electron chi connectivity index (χ0n) is 11.6. The summed E-state index contributed by atoms with van der Waals surface area (Å²) in [7, 11) is 0. The number of benzene rings is 1. The fourth-order valence-corrected chi connectivity index (χ4v) is 2.21. The molecule has 0 unspecified atom stereocenters. The molecule has 1 aliphatic heterocycles. The van der Waals surface area contributed by atoms with Crippen molar-refractivity contribution in [3.63, 3.8) is 0 Å². The normalized spacial score (nSPS) is 16.5. The highest BCUT2D eigenvalue weighted by molar-refractivity contribution is 5.92. The van der Waals surface area contributed by atoms with Crippen molar-refractivity contribution >= 4 is 11.6 Å². The molecular formula is C14H19F2N3O2. The minimum atomic E-state index is -2.87. The van der Waals surface area contributed by atoms with Gasteiger partial charge in [0, 0.05) is 24.8 Å². The van der Waals surface area contributed by atoms with Crippen LogP contribution < -0.4 is 15.4 Å². The van der Waals surface area contributed by atoms with Gasteiger partial charge in [0.1, 0.15) is 5.75 Å². The molecule has 0 bridgehead atoms. The molecule has 5 nitrogen and oxygen atoms in total. The van der Waals surface area contributed by atoms with Gasteiger partial charge in [-0.1, -0.05) is 6.07 Å². The summed E-state index contributed by atoms with van der Waals surface area (Å²) in [6.07, 6.45) is 1.00. The summed E-state index contributed by atoms with van der Waals surface area (Å²) in [5, 5.41) is 5.96. The Hall–Kier alpha value is -1.73. The van der Waals surface area contributed by atoms with Crippen molar-refractivity contribution in [2.24, 2.45) is 0 Å². The van der Waals surface area contributed by atoms with Crippen LogP contribution in [0.15, 0.2) is 24.3 Å². The second kappa shape index (κ2) is 7.90. The smallest absolute Gasteiger partial charge is 0.387 e. The van der Waals surface area contributed by atoms with E-state index in [-0.39, 0.29) is 11.7 Å². The first-order chi connectivity index (χ1) is 10.1. The molecule has 1 aromatic carbocycles. The highest BCUT2D eigenvalue weighted by Gasteiger charge is 2.13. The first-order valence-electron chi connectivity index (χ1n) is 6.91. The van der Waals surface area contributed by atoms with E-state index in [1.54, 1.807) is 12.1 Å². The molecule has 2 N–H and O–H groups in total. The molecule has 2 rings (SSSR count). The van der Waals surface area contributed by atoms with E-state index in [4.69, 9.17) is 0 Å². The zero-order valence-corrected chi connectivity index (χ0v) is 11.6. The number of alkyl halides is 2. The van der Waals surface area contributed by atoms with Crippen molar-refractivity contribution in [3.05, 3.63) is 24.3 Å². The molecule has 1 aromatic rings. The Bertz CT molecular complexity index is 463. The summed E-state index contributed by atoms with van der Waals surface area (Å²) in [5.41, 5.74) is 0.450. The Morgan fingerprint density at radius 1 is 1.38 bits per heavy atom. The Balaban J connectivity index is 1.86. The van der Waals surface area contributed by atoms with E-state index in [0.717, 1.165) is 32.6 Å². The number of carbonyl (C=O) groups excluding carboxylic acids is 1. The maximum Gasteiger partial charge on any atom is 0.387 e. The van der Waals surface area contributed by atoms with Crippen LogP contribution >= 0.6 is 0 Å². The average molecular weight is 299 g/mol. The summed E-state index contributed by atoms with van der Waals surface area (Å²) in [5.74, 6) is -0.132. The van der Waals surface area contributed by atoms with Gasteiger partial charge in [-0.25, -0.2) is 0 Å². The number of halogens is 2. The molecule has 21 heavy (non-hydrogen) atoms. The molecule has 1 amide bonds. The van der Waals surface area contributed by atoms with Gasteiger partial charge in [-0.2, -0.15) is 8.78 Å². The van der Waals surface area contributed by atoms with Gasteiger partial charge in [0.15, 0.2) is 0 Å². The van der Waals surface area contributed by atoms with Crippen LogP contribution in [0.2, 0.25) is 0 Å². The molecule has 0 aliphatic carbocycles. The standard InChI is InChI=1S/C14H19F2N3O2/c15-14(16)21-12-4-1-3-11(9-12)18-13(20)10-19-7-2-5-17-6-8-19/h1,3-4,9,14,17H,2,5-8,10H2,(H,18,20). The molecule has 0 radical (unpaired) electrons. The number of nitrogens with one attached hydrogen (secondary N) is 2. The lowest BCUT2D eigenvalue weighted by molar-refractivity contribution is -0.117. The summed E-state index contributed by atoms with van der Waals surface area (Å²) in [6.45, 7) is 0.940. The average Bonchev–Trinajstić information content (AvgIpc) is 2.66. The first kappa shape index (κ1) is 15.7. The molecule has 1 heterocycles. The van der Waals surface area contributed by atoms with Crippen molar-refractivity contribution in [3.8, 4) is 5.75 Å². The van der Waals surface area contributed by atoms with Gasteiger partial charge in [-0.15, -0.1) is 0 Å². The van der Waals surface area contributed by atoms with Crippen LogP contribution in [0.3, 0.4) is 0 Å². The van der Waals surface area contributed by atoms with Gasteiger partial charge in [0.25, 0.3) is 0 Å². The first-order valence-corrected chi connectivity index (χ1v) is 6.91. The quantitative estimate of drug-likeness (QED) is 0.865. The lowest BCUT2D eigenvalue weighted by Crippen LogP contribution is -2.35. The molecule has 116 valence electrons. The summed E-state index contributed by atoms with van der Waals surface area (Å²) in [4.78, 5) is 14.0. The topological polar surface area (TPSA) is 53.6 Å². The van der Waals surface area contributed by atoms with Crippen molar-refractivity contribution < 1.29 is 18.3 Å². The second-order valence-electron chi connectivity index (χ2n) is 4.83. The van der Waals surface area contributed by atoms with Crippen LogP contribution in [0.1, 0.15) is 6.42 Å². The monoisotopic (exact) mass is 299 g/mol. The number of hydrogen-bond donors (Lipinski definition) is 2. The van der Waals surface area contributed by atoms with E-state index in [2.05, 4.69) is 20.3 Å². The van der Waals surface area contributed by atoms with Crippen LogP contribution in [0.5, 0.6) is 5.75 Å². The molecule has 7 heteroatoms. The Morgan fingerprint density at radius 2 is 2.24 bits per heavy atom. The van der Waals surface area contributed by atoms with E-state index in [0.29, 0.717) is 12.2 Å². The Labute approximate surface area is 122 Å². The number of carbonyl (C=O) groups is 1. The molecule has 0 atom stereocenters. The fraction of sp³-hybridized carbons (Fsp3) is 0.500. The third-order valence-corrected chi connectivity index (χ3v) is 3.14. The van der Waals surface area contributed by atoms with Gasteiger partial charge in [0.05, 0.1) is 6.54 Å². The van der Waals surface area contributed by atoms with Crippen LogP contribution in [0.25, 0.3) is 0 Å². The van der Waals surface area contributed by atoms with Gasteiger partial charge < -0.3 is 15.4 Å². The van der Waals surface area contributed by atoms with Crippen LogP contribution in [-0.4, -0.2) is 50.1 Å². The third kappa shape index (κ3) is 5.65. The molecule has 0 saturated carbocycles.